The Hall–Kier alpha value is -0.840. The van der Waals surface area contributed by atoms with E-state index in [-0.39, 0.29) is 12.1 Å². The third-order valence-electron chi connectivity index (χ3n) is 3.76. The first-order valence-electron chi connectivity index (χ1n) is 6.70. The average molecular weight is 324 g/mol. The van der Waals surface area contributed by atoms with Gasteiger partial charge in [-0.3, -0.25) is 0 Å². The molecule has 0 aliphatic carbocycles. The van der Waals surface area contributed by atoms with Crippen LogP contribution in [0.15, 0.2) is 33.2 Å². The molecule has 1 aliphatic rings. The minimum atomic E-state index is 0.195. The van der Waals surface area contributed by atoms with Crippen molar-refractivity contribution in [1.29, 1.82) is 0 Å². The lowest BCUT2D eigenvalue weighted by atomic mass is 10.1. The van der Waals surface area contributed by atoms with E-state index in [1.54, 1.807) is 0 Å². The van der Waals surface area contributed by atoms with Gasteiger partial charge in [0.25, 0.3) is 0 Å². The van der Waals surface area contributed by atoms with Gasteiger partial charge in [0.15, 0.2) is 0 Å². The van der Waals surface area contributed by atoms with Crippen LogP contribution in [0.5, 0.6) is 0 Å². The summed E-state index contributed by atoms with van der Waals surface area (Å²) in [6.45, 7) is 5.10. The van der Waals surface area contributed by atoms with Crippen LogP contribution in [-0.4, -0.2) is 18.8 Å². The maximum absolute atomic E-state index is 5.91. The summed E-state index contributed by atoms with van der Waals surface area (Å²) >= 11 is 3.48. The second kappa shape index (κ2) is 5.27. The predicted molar refractivity (Wildman–Crippen MR) is 79.3 cm³/mol. The molecule has 1 aromatic heterocycles. The number of hydrogen-bond donors (Lipinski definition) is 1. The molecule has 19 heavy (non-hydrogen) atoms. The van der Waals surface area contributed by atoms with Gasteiger partial charge in [-0.25, -0.2) is 0 Å². The summed E-state index contributed by atoms with van der Waals surface area (Å²) < 4.78 is 12.6. The second-order valence-corrected chi connectivity index (χ2v) is 6.11. The lowest BCUT2D eigenvalue weighted by Crippen LogP contribution is -2.36. The van der Waals surface area contributed by atoms with Crippen LogP contribution >= 0.6 is 15.9 Å². The standard InChI is InChI=1S/C15H18BrNO2/c1-9(17-13-5-6-18-10(13)2)15-8-11-7-12(16)3-4-14(11)19-15/h3-4,7-10,13,17H,5-6H2,1-2H3. The summed E-state index contributed by atoms with van der Waals surface area (Å²) in [5.74, 6) is 0.979. The van der Waals surface area contributed by atoms with Crippen LogP contribution < -0.4 is 5.32 Å². The van der Waals surface area contributed by atoms with E-state index >= 15 is 0 Å². The van der Waals surface area contributed by atoms with Crippen LogP contribution in [0.2, 0.25) is 0 Å². The summed E-state index contributed by atoms with van der Waals surface area (Å²) in [5, 5.41) is 4.72. The Morgan fingerprint density at radius 2 is 2.21 bits per heavy atom. The fourth-order valence-electron chi connectivity index (χ4n) is 2.60. The van der Waals surface area contributed by atoms with Gasteiger partial charge < -0.3 is 14.5 Å². The molecule has 2 heterocycles. The maximum Gasteiger partial charge on any atom is 0.134 e. The van der Waals surface area contributed by atoms with Crippen LogP contribution in [0.4, 0.5) is 0 Å². The van der Waals surface area contributed by atoms with Crippen molar-refractivity contribution in [3.05, 3.63) is 34.5 Å². The molecule has 1 fully saturated rings. The molecule has 1 saturated heterocycles. The van der Waals surface area contributed by atoms with Crippen LogP contribution in [0.1, 0.15) is 32.1 Å². The van der Waals surface area contributed by atoms with Crippen LogP contribution in [-0.2, 0) is 4.74 Å². The summed E-state index contributed by atoms with van der Waals surface area (Å²) in [6, 6.07) is 8.79. The Morgan fingerprint density at radius 3 is 2.95 bits per heavy atom. The monoisotopic (exact) mass is 323 g/mol. The summed E-state index contributed by atoms with van der Waals surface area (Å²) in [6.07, 6.45) is 1.35. The van der Waals surface area contributed by atoms with Gasteiger partial charge in [0.05, 0.1) is 12.1 Å². The molecule has 0 saturated carbocycles. The van der Waals surface area contributed by atoms with Crippen molar-refractivity contribution < 1.29 is 9.15 Å². The first-order valence-corrected chi connectivity index (χ1v) is 7.49. The lowest BCUT2D eigenvalue weighted by Gasteiger charge is -2.20. The van der Waals surface area contributed by atoms with Crippen molar-refractivity contribution in [2.24, 2.45) is 0 Å². The SMILES string of the molecule is CC(NC1CCOC1C)c1cc2cc(Br)ccc2o1. The van der Waals surface area contributed by atoms with Gasteiger partial charge in [-0.15, -0.1) is 0 Å². The zero-order chi connectivity index (χ0) is 13.4. The van der Waals surface area contributed by atoms with Crippen LogP contribution in [0, 0.1) is 0 Å². The zero-order valence-corrected chi connectivity index (χ0v) is 12.7. The van der Waals surface area contributed by atoms with Gasteiger partial charge in [-0.05, 0) is 44.5 Å². The summed E-state index contributed by atoms with van der Waals surface area (Å²) in [5.41, 5.74) is 0.933. The second-order valence-electron chi connectivity index (χ2n) is 5.19. The van der Waals surface area contributed by atoms with E-state index in [0.29, 0.717) is 6.04 Å². The van der Waals surface area contributed by atoms with Crippen LogP contribution in [0.3, 0.4) is 0 Å². The van der Waals surface area contributed by atoms with E-state index in [0.717, 1.165) is 34.2 Å². The molecular weight excluding hydrogens is 306 g/mol. The van der Waals surface area contributed by atoms with E-state index in [2.05, 4.69) is 47.2 Å². The number of furan rings is 1. The van der Waals surface area contributed by atoms with E-state index in [1.807, 2.05) is 12.1 Å². The quantitative estimate of drug-likeness (QED) is 0.926. The highest BCUT2D eigenvalue weighted by Gasteiger charge is 2.26. The van der Waals surface area contributed by atoms with Gasteiger partial charge in [0.2, 0.25) is 0 Å². The van der Waals surface area contributed by atoms with E-state index < -0.39 is 0 Å². The number of nitrogens with one attached hydrogen (secondary N) is 1. The number of fused-ring (bicyclic) bond motifs is 1. The van der Waals surface area contributed by atoms with E-state index in [4.69, 9.17) is 9.15 Å². The summed E-state index contributed by atoms with van der Waals surface area (Å²) in [7, 11) is 0. The number of benzene rings is 1. The molecule has 4 heteroatoms. The molecule has 2 aromatic rings. The van der Waals surface area contributed by atoms with Crippen molar-refractivity contribution in [2.45, 2.75) is 38.5 Å². The first-order chi connectivity index (χ1) is 9.13. The molecule has 3 rings (SSSR count). The van der Waals surface area contributed by atoms with Crippen molar-refractivity contribution in [3.8, 4) is 0 Å². The number of rotatable bonds is 3. The van der Waals surface area contributed by atoms with Crippen molar-refractivity contribution in [3.63, 3.8) is 0 Å². The molecule has 1 aromatic carbocycles. The maximum atomic E-state index is 5.91. The molecule has 1 aliphatic heterocycles. The molecular formula is C15H18BrNO2. The smallest absolute Gasteiger partial charge is 0.134 e. The normalized spacial score (nSPS) is 25.0. The highest BCUT2D eigenvalue weighted by atomic mass is 79.9. The number of halogens is 1. The largest absolute Gasteiger partial charge is 0.459 e. The Bertz CT molecular complexity index is 581. The highest BCUT2D eigenvalue weighted by Crippen LogP contribution is 2.27. The van der Waals surface area contributed by atoms with Gasteiger partial charge in [0, 0.05) is 22.5 Å². The Morgan fingerprint density at radius 1 is 1.37 bits per heavy atom. The third-order valence-corrected chi connectivity index (χ3v) is 4.26. The molecule has 1 N–H and O–H groups in total. The fourth-order valence-corrected chi connectivity index (χ4v) is 2.98. The Balaban J connectivity index is 1.79. The minimum Gasteiger partial charge on any atom is -0.459 e. The Labute approximate surface area is 121 Å². The molecule has 0 spiro atoms. The lowest BCUT2D eigenvalue weighted by molar-refractivity contribution is 0.110. The fraction of sp³-hybridized carbons (Fsp3) is 0.467. The molecule has 3 unspecified atom stereocenters. The summed E-state index contributed by atoms with van der Waals surface area (Å²) in [4.78, 5) is 0. The third kappa shape index (κ3) is 2.71. The van der Waals surface area contributed by atoms with Gasteiger partial charge in [0.1, 0.15) is 11.3 Å². The molecule has 0 bridgehead atoms. The van der Waals surface area contributed by atoms with E-state index in [1.165, 1.54) is 0 Å². The van der Waals surface area contributed by atoms with Gasteiger partial charge in [-0.1, -0.05) is 15.9 Å². The minimum absolute atomic E-state index is 0.195. The van der Waals surface area contributed by atoms with E-state index in [9.17, 15) is 0 Å². The number of ether oxygens (including phenoxy) is 1. The first kappa shape index (κ1) is 13.2. The zero-order valence-electron chi connectivity index (χ0n) is 11.2. The highest BCUT2D eigenvalue weighted by molar-refractivity contribution is 9.10. The van der Waals surface area contributed by atoms with Crippen LogP contribution in [0.25, 0.3) is 11.0 Å². The predicted octanol–water partition coefficient (Wildman–Crippen LogP) is 4.02. The van der Waals surface area contributed by atoms with Gasteiger partial charge >= 0.3 is 0 Å². The topological polar surface area (TPSA) is 34.4 Å². The molecule has 3 atom stereocenters. The molecule has 0 amide bonds. The van der Waals surface area contributed by atoms with Crippen molar-refractivity contribution in [2.75, 3.05) is 6.61 Å². The Kier molecular flexibility index (Phi) is 3.65. The van der Waals surface area contributed by atoms with Crippen molar-refractivity contribution >= 4 is 26.9 Å². The number of hydrogen-bond acceptors (Lipinski definition) is 3. The molecule has 102 valence electrons. The van der Waals surface area contributed by atoms with Gasteiger partial charge in [-0.2, -0.15) is 0 Å². The molecule has 0 radical (unpaired) electrons. The average Bonchev–Trinajstić information content (AvgIpc) is 2.96. The molecule has 3 nitrogen and oxygen atoms in total. The van der Waals surface area contributed by atoms with Crippen molar-refractivity contribution in [1.82, 2.24) is 5.32 Å².